The second-order valence-electron chi connectivity index (χ2n) is 4.12. The van der Waals surface area contributed by atoms with E-state index < -0.39 is 23.5 Å². The molecule has 5 heteroatoms. The third kappa shape index (κ3) is 2.88. The second-order valence-corrected chi connectivity index (χ2v) is 4.12. The van der Waals surface area contributed by atoms with Gasteiger partial charge < -0.3 is 10.5 Å². The number of ether oxygens (including phenoxy) is 1. The average molecular weight is 267 g/mol. The van der Waals surface area contributed by atoms with Crippen LogP contribution in [0.2, 0.25) is 0 Å². The van der Waals surface area contributed by atoms with E-state index in [2.05, 4.69) is 0 Å². The Morgan fingerprint density at radius 3 is 2.47 bits per heavy atom. The summed E-state index contributed by atoms with van der Waals surface area (Å²) in [7, 11) is 0. The Labute approximate surface area is 108 Å². The monoisotopic (exact) mass is 267 g/mol. The zero-order valence-electron chi connectivity index (χ0n) is 10.2. The molecular formula is C14H12F3NO. The molecule has 100 valence electrons. The quantitative estimate of drug-likeness (QED) is 0.914. The molecule has 1 atom stereocenters. The minimum atomic E-state index is -0.778. The van der Waals surface area contributed by atoms with Crippen molar-refractivity contribution < 1.29 is 17.9 Å². The average Bonchev–Trinajstić information content (AvgIpc) is 2.35. The van der Waals surface area contributed by atoms with E-state index in [1.165, 1.54) is 12.1 Å². The van der Waals surface area contributed by atoms with Crippen LogP contribution in [0.25, 0.3) is 0 Å². The number of rotatable bonds is 3. The minimum Gasteiger partial charge on any atom is -0.451 e. The van der Waals surface area contributed by atoms with Gasteiger partial charge in [-0.2, -0.15) is 0 Å². The molecule has 0 spiro atoms. The van der Waals surface area contributed by atoms with Crippen LogP contribution < -0.4 is 10.5 Å². The lowest BCUT2D eigenvalue weighted by atomic mass is 10.1. The van der Waals surface area contributed by atoms with Crippen LogP contribution in [-0.4, -0.2) is 0 Å². The number of hydrogen-bond acceptors (Lipinski definition) is 2. The van der Waals surface area contributed by atoms with Gasteiger partial charge in [0.05, 0.1) is 0 Å². The fraction of sp³-hybridized carbons (Fsp3) is 0.143. The molecule has 0 saturated heterocycles. The maximum Gasteiger partial charge on any atom is 0.167 e. The molecular weight excluding hydrogens is 255 g/mol. The van der Waals surface area contributed by atoms with Gasteiger partial charge in [-0.1, -0.05) is 12.1 Å². The van der Waals surface area contributed by atoms with E-state index in [1.807, 2.05) is 0 Å². The molecule has 0 aliphatic heterocycles. The zero-order chi connectivity index (χ0) is 14.0. The molecule has 0 aromatic heterocycles. The summed E-state index contributed by atoms with van der Waals surface area (Å²) >= 11 is 0. The van der Waals surface area contributed by atoms with Gasteiger partial charge in [-0.25, -0.2) is 13.2 Å². The van der Waals surface area contributed by atoms with Gasteiger partial charge in [0.1, 0.15) is 5.82 Å². The van der Waals surface area contributed by atoms with Crippen LogP contribution in [0.5, 0.6) is 11.5 Å². The number of halogens is 3. The third-order valence-corrected chi connectivity index (χ3v) is 2.59. The summed E-state index contributed by atoms with van der Waals surface area (Å²) in [6.07, 6.45) is 0. The lowest BCUT2D eigenvalue weighted by Crippen LogP contribution is -2.08. The van der Waals surface area contributed by atoms with Crippen LogP contribution in [-0.2, 0) is 0 Å². The lowest BCUT2D eigenvalue weighted by Gasteiger charge is -2.14. The normalized spacial score (nSPS) is 12.3. The number of benzene rings is 2. The van der Waals surface area contributed by atoms with Crippen LogP contribution in [0.1, 0.15) is 18.5 Å². The van der Waals surface area contributed by atoms with E-state index in [0.717, 1.165) is 18.2 Å². The summed E-state index contributed by atoms with van der Waals surface area (Å²) in [4.78, 5) is 0. The van der Waals surface area contributed by atoms with E-state index in [1.54, 1.807) is 13.0 Å². The molecule has 2 aromatic carbocycles. The first-order valence-electron chi connectivity index (χ1n) is 5.66. The first-order valence-corrected chi connectivity index (χ1v) is 5.66. The Balaban J connectivity index is 2.46. The summed E-state index contributed by atoms with van der Waals surface area (Å²) in [5.74, 6) is -2.71. The van der Waals surface area contributed by atoms with Crippen LogP contribution in [0, 0.1) is 17.5 Å². The fourth-order valence-corrected chi connectivity index (χ4v) is 1.66. The molecule has 0 aliphatic rings. The van der Waals surface area contributed by atoms with Crippen molar-refractivity contribution in [3.05, 3.63) is 59.4 Å². The van der Waals surface area contributed by atoms with Crippen LogP contribution in [0.15, 0.2) is 36.4 Å². The van der Waals surface area contributed by atoms with Gasteiger partial charge in [0.15, 0.2) is 23.1 Å². The molecule has 0 aliphatic carbocycles. The maximum atomic E-state index is 13.7. The summed E-state index contributed by atoms with van der Waals surface area (Å²) in [6.45, 7) is 1.64. The molecule has 1 unspecified atom stereocenters. The number of para-hydroxylation sites is 1. The molecule has 2 aromatic rings. The Morgan fingerprint density at radius 1 is 1.05 bits per heavy atom. The first-order chi connectivity index (χ1) is 8.99. The fourth-order valence-electron chi connectivity index (χ4n) is 1.66. The van der Waals surface area contributed by atoms with Gasteiger partial charge >= 0.3 is 0 Å². The molecule has 0 amide bonds. The highest BCUT2D eigenvalue weighted by molar-refractivity contribution is 5.41. The van der Waals surface area contributed by atoms with Crippen molar-refractivity contribution in [1.29, 1.82) is 0 Å². The first kappa shape index (κ1) is 13.4. The lowest BCUT2D eigenvalue weighted by molar-refractivity contribution is 0.403. The zero-order valence-corrected chi connectivity index (χ0v) is 10.2. The molecule has 0 saturated carbocycles. The van der Waals surface area contributed by atoms with Crippen molar-refractivity contribution >= 4 is 0 Å². The van der Waals surface area contributed by atoms with E-state index in [9.17, 15) is 13.2 Å². The van der Waals surface area contributed by atoms with E-state index in [-0.39, 0.29) is 11.5 Å². The van der Waals surface area contributed by atoms with E-state index in [4.69, 9.17) is 10.5 Å². The van der Waals surface area contributed by atoms with E-state index >= 15 is 0 Å². The summed E-state index contributed by atoms with van der Waals surface area (Å²) < 4.78 is 45.4. The molecule has 0 heterocycles. The second kappa shape index (κ2) is 5.32. The summed E-state index contributed by atoms with van der Waals surface area (Å²) in [6, 6.07) is 6.43. The molecule has 0 fully saturated rings. The van der Waals surface area contributed by atoms with Gasteiger partial charge in [-0.05, 0) is 25.1 Å². The summed E-state index contributed by atoms with van der Waals surface area (Å²) in [5, 5.41) is 0. The molecule has 2 N–H and O–H groups in total. The highest BCUT2D eigenvalue weighted by Gasteiger charge is 2.16. The van der Waals surface area contributed by atoms with Gasteiger partial charge in [0.2, 0.25) is 0 Å². The van der Waals surface area contributed by atoms with Crippen molar-refractivity contribution in [2.45, 2.75) is 13.0 Å². The molecule has 0 radical (unpaired) electrons. The molecule has 19 heavy (non-hydrogen) atoms. The number of nitrogens with two attached hydrogens (primary N) is 1. The SMILES string of the molecule is CC(N)c1cccc(F)c1Oc1cc(F)ccc1F. The van der Waals surface area contributed by atoms with Crippen LogP contribution in [0.3, 0.4) is 0 Å². The third-order valence-electron chi connectivity index (χ3n) is 2.59. The predicted molar refractivity (Wildman–Crippen MR) is 65.4 cm³/mol. The molecule has 0 bridgehead atoms. The Bertz CT molecular complexity index is 599. The Kier molecular flexibility index (Phi) is 3.76. The Morgan fingerprint density at radius 2 is 1.79 bits per heavy atom. The maximum absolute atomic E-state index is 13.7. The predicted octanol–water partition coefficient (Wildman–Crippen LogP) is 3.92. The van der Waals surface area contributed by atoms with Crippen molar-refractivity contribution in [1.82, 2.24) is 0 Å². The van der Waals surface area contributed by atoms with Crippen molar-refractivity contribution in [2.75, 3.05) is 0 Å². The largest absolute Gasteiger partial charge is 0.451 e. The van der Waals surface area contributed by atoms with Gasteiger partial charge in [0, 0.05) is 17.7 Å². The van der Waals surface area contributed by atoms with Gasteiger partial charge in [-0.3, -0.25) is 0 Å². The van der Waals surface area contributed by atoms with Crippen molar-refractivity contribution in [3.63, 3.8) is 0 Å². The highest BCUT2D eigenvalue weighted by Crippen LogP contribution is 2.32. The standard InChI is InChI=1S/C14H12F3NO/c1-8(18)10-3-2-4-12(17)14(10)19-13-7-9(15)5-6-11(13)16/h2-8H,18H2,1H3. The van der Waals surface area contributed by atoms with Crippen molar-refractivity contribution in [2.24, 2.45) is 5.73 Å². The van der Waals surface area contributed by atoms with Crippen LogP contribution in [0.4, 0.5) is 13.2 Å². The van der Waals surface area contributed by atoms with Crippen molar-refractivity contribution in [3.8, 4) is 11.5 Å². The van der Waals surface area contributed by atoms with Gasteiger partial charge in [-0.15, -0.1) is 0 Å². The highest BCUT2D eigenvalue weighted by atomic mass is 19.1. The van der Waals surface area contributed by atoms with E-state index in [0.29, 0.717) is 5.56 Å². The Hall–Kier alpha value is -2.01. The molecule has 2 rings (SSSR count). The minimum absolute atomic E-state index is 0.193. The molecule has 2 nitrogen and oxygen atoms in total. The van der Waals surface area contributed by atoms with Crippen LogP contribution >= 0.6 is 0 Å². The number of hydrogen-bond donors (Lipinski definition) is 1. The van der Waals surface area contributed by atoms with Gasteiger partial charge in [0.25, 0.3) is 0 Å². The topological polar surface area (TPSA) is 35.2 Å². The summed E-state index contributed by atoms with van der Waals surface area (Å²) in [5.41, 5.74) is 6.07. The smallest absolute Gasteiger partial charge is 0.167 e.